The van der Waals surface area contributed by atoms with Gasteiger partial charge in [-0.25, -0.2) is 0 Å². The summed E-state index contributed by atoms with van der Waals surface area (Å²) >= 11 is 0. The Morgan fingerprint density at radius 1 is 1.26 bits per heavy atom. The second-order valence-electron chi connectivity index (χ2n) is 6.74. The van der Waals surface area contributed by atoms with Gasteiger partial charge in [0.25, 0.3) is 0 Å². The monoisotopic (exact) mass is 267 g/mol. The third-order valence-corrected chi connectivity index (χ3v) is 3.91. The fourth-order valence-electron chi connectivity index (χ4n) is 2.90. The van der Waals surface area contributed by atoms with E-state index in [0.29, 0.717) is 6.04 Å². The molecule has 1 rings (SSSR count). The predicted molar refractivity (Wildman–Crippen MR) is 84.3 cm³/mol. The summed E-state index contributed by atoms with van der Waals surface area (Å²) in [5.41, 5.74) is 1.10. The Morgan fingerprint density at radius 2 is 1.89 bits per heavy atom. The van der Waals surface area contributed by atoms with Gasteiger partial charge in [-0.1, -0.05) is 20.4 Å². The van der Waals surface area contributed by atoms with Crippen LogP contribution in [0.25, 0.3) is 0 Å². The lowest BCUT2D eigenvalue weighted by Crippen LogP contribution is -2.51. The van der Waals surface area contributed by atoms with E-state index in [0.717, 1.165) is 17.7 Å². The molecule has 1 aliphatic rings. The Labute approximate surface area is 120 Å². The molecule has 0 amide bonds. The zero-order valence-corrected chi connectivity index (χ0v) is 13.6. The fourth-order valence-corrected chi connectivity index (χ4v) is 2.90. The lowest BCUT2D eigenvalue weighted by Gasteiger charge is -2.42. The highest BCUT2D eigenvalue weighted by Gasteiger charge is 2.31. The normalized spacial score (nSPS) is 22.9. The van der Waals surface area contributed by atoms with E-state index in [1.165, 1.54) is 38.9 Å². The van der Waals surface area contributed by atoms with E-state index in [2.05, 4.69) is 49.6 Å². The SMILES string of the molecule is C=C(C)N[C@H]1C[C@H](N(C)CCCN(C)CC(C)C)C1. The first-order valence-corrected chi connectivity index (χ1v) is 7.69. The van der Waals surface area contributed by atoms with Crippen LogP contribution in [0.4, 0.5) is 0 Å². The van der Waals surface area contributed by atoms with Crippen molar-refractivity contribution in [3.8, 4) is 0 Å². The first-order chi connectivity index (χ1) is 8.88. The summed E-state index contributed by atoms with van der Waals surface area (Å²) in [4.78, 5) is 4.98. The van der Waals surface area contributed by atoms with Gasteiger partial charge < -0.3 is 15.1 Å². The number of hydrogen-bond donors (Lipinski definition) is 1. The number of nitrogens with one attached hydrogen (secondary N) is 1. The second-order valence-corrected chi connectivity index (χ2v) is 6.74. The molecule has 0 aromatic rings. The van der Waals surface area contributed by atoms with Crippen LogP contribution >= 0.6 is 0 Å². The van der Waals surface area contributed by atoms with Crippen molar-refractivity contribution < 1.29 is 0 Å². The molecular formula is C16H33N3. The molecule has 0 heterocycles. The molecule has 0 saturated heterocycles. The Hall–Kier alpha value is -0.540. The van der Waals surface area contributed by atoms with Crippen molar-refractivity contribution in [1.29, 1.82) is 0 Å². The third kappa shape index (κ3) is 6.44. The maximum absolute atomic E-state index is 3.91. The van der Waals surface area contributed by atoms with Gasteiger partial charge in [-0.05, 0) is 59.3 Å². The minimum absolute atomic E-state index is 0.661. The predicted octanol–water partition coefficient (Wildman–Crippen LogP) is 2.55. The molecule has 0 aromatic heterocycles. The summed E-state index contributed by atoms with van der Waals surface area (Å²) in [7, 11) is 4.50. The van der Waals surface area contributed by atoms with Crippen LogP contribution in [-0.2, 0) is 0 Å². The largest absolute Gasteiger partial charge is 0.386 e. The first kappa shape index (κ1) is 16.5. The topological polar surface area (TPSA) is 18.5 Å². The third-order valence-electron chi connectivity index (χ3n) is 3.91. The van der Waals surface area contributed by atoms with Gasteiger partial charge in [0.15, 0.2) is 0 Å². The van der Waals surface area contributed by atoms with E-state index >= 15 is 0 Å². The highest BCUT2D eigenvalue weighted by molar-refractivity contribution is 4.97. The van der Waals surface area contributed by atoms with E-state index < -0.39 is 0 Å². The van der Waals surface area contributed by atoms with Gasteiger partial charge in [0.05, 0.1) is 0 Å². The highest BCUT2D eigenvalue weighted by Crippen LogP contribution is 2.25. The molecule has 0 spiro atoms. The van der Waals surface area contributed by atoms with Crippen LogP contribution in [0.1, 0.15) is 40.0 Å². The van der Waals surface area contributed by atoms with Crippen molar-refractivity contribution in [1.82, 2.24) is 15.1 Å². The molecule has 3 nitrogen and oxygen atoms in total. The molecule has 1 N–H and O–H groups in total. The number of nitrogens with zero attached hydrogens (tertiary/aromatic N) is 2. The molecular weight excluding hydrogens is 234 g/mol. The van der Waals surface area contributed by atoms with Crippen LogP contribution in [0.2, 0.25) is 0 Å². The quantitative estimate of drug-likeness (QED) is 0.692. The lowest BCUT2D eigenvalue weighted by molar-refractivity contribution is 0.121. The minimum Gasteiger partial charge on any atom is -0.386 e. The maximum atomic E-state index is 3.91. The van der Waals surface area contributed by atoms with Gasteiger partial charge in [0.2, 0.25) is 0 Å². The second kappa shape index (κ2) is 7.91. The van der Waals surface area contributed by atoms with E-state index in [1.54, 1.807) is 0 Å². The molecule has 3 heteroatoms. The Morgan fingerprint density at radius 3 is 2.42 bits per heavy atom. The van der Waals surface area contributed by atoms with E-state index in [-0.39, 0.29) is 0 Å². The van der Waals surface area contributed by atoms with Crippen molar-refractivity contribution in [2.24, 2.45) is 5.92 Å². The number of allylic oxidation sites excluding steroid dienone is 1. The Kier molecular flexibility index (Phi) is 6.87. The molecule has 0 bridgehead atoms. The summed E-state index contributed by atoms with van der Waals surface area (Å²) < 4.78 is 0. The summed E-state index contributed by atoms with van der Waals surface area (Å²) in [6.45, 7) is 14.2. The smallest absolute Gasteiger partial charge is 0.0287 e. The maximum Gasteiger partial charge on any atom is 0.0287 e. The average molecular weight is 267 g/mol. The summed E-state index contributed by atoms with van der Waals surface area (Å²) in [6.07, 6.45) is 3.81. The van der Waals surface area contributed by atoms with Gasteiger partial charge >= 0.3 is 0 Å². The number of hydrogen-bond acceptors (Lipinski definition) is 3. The van der Waals surface area contributed by atoms with Gasteiger partial charge in [0, 0.05) is 24.3 Å². The van der Waals surface area contributed by atoms with Crippen molar-refractivity contribution >= 4 is 0 Å². The molecule has 0 aliphatic heterocycles. The molecule has 0 aromatic carbocycles. The molecule has 0 radical (unpaired) electrons. The van der Waals surface area contributed by atoms with Gasteiger partial charge in [-0.2, -0.15) is 0 Å². The van der Waals surface area contributed by atoms with Crippen molar-refractivity contribution in [3.63, 3.8) is 0 Å². The van der Waals surface area contributed by atoms with Crippen LogP contribution in [0, 0.1) is 5.92 Å². The summed E-state index contributed by atoms with van der Waals surface area (Å²) in [5.74, 6) is 0.767. The van der Waals surface area contributed by atoms with Crippen LogP contribution in [0.5, 0.6) is 0 Å². The molecule has 19 heavy (non-hydrogen) atoms. The van der Waals surface area contributed by atoms with Crippen molar-refractivity contribution in [2.75, 3.05) is 33.7 Å². The zero-order chi connectivity index (χ0) is 14.4. The highest BCUT2D eigenvalue weighted by atomic mass is 15.2. The summed E-state index contributed by atoms with van der Waals surface area (Å²) in [6, 6.07) is 1.43. The van der Waals surface area contributed by atoms with Gasteiger partial charge in [0.1, 0.15) is 0 Å². The fraction of sp³-hybridized carbons (Fsp3) is 0.875. The number of rotatable bonds is 9. The van der Waals surface area contributed by atoms with Gasteiger partial charge in [-0.3, -0.25) is 0 Å². The van der Waals surface area contributed by atoms with Crippen LogP contribution in [0.3, 0.4) is 0 Å². The zero-order valence-electron chi connectivity index (χ0n) is 13.6. The van der Waals surface area contributed by atoms with Gasteiger partial charge in [-0.15, -0.1) is 0 Å². The van der Waals surface area contributed by atoms with Crippen LogP contribution in [-0.4, -0.2) is 55.6 Å². The first-order valence-electron chi connectivity index (χ1n) is 7.69. The van der Waals surface area contributed by atoms with Crippen LogP contribution < -0.4 is 5.32 Å². The Balaban J connectivity index is 2.06. The summed E-state index contributed by atoms with van der Waals surface area (Å²) in [5, 5.41) is 3.43. The molecule has 112 valence electrons. The van der Waals surface area contributed by atoms with Crippen LogP contribution in [0.15, 0.2) is 12.3 Å². The van der Waals surface area contributed by atoms with E-state index in [1.807, 2.05) is 6.92 Å². The molecule has 1 saturated carbocycles. The molecule has 0 unspecified atom stereocenters. The van der Waals surface area contributed by atoms with Crippen molar-refractivity contribution in [2.45, 2.75) is 52.1 Å². The molecule has 1 aliphatic carbocycles. The van der Waals surface area contributed by atoms with Crippen molar-refractivity contribution in [3.05, 3.63) is 12.3 Å². The standard InChI is InChI=1S/C16H33N3/c1-13(2)12-18(5)8-7-9-19(6)16-10-15(11-16)17-14(3)4/h13,15-17H,3,7-12H2,1-2,4-6H3/t15-,16-. The lowest BCUT2D eigenvalue weighted by atomic mass is 9.85. The molecule has 0 atom stereocenters. The Bertz CT molecular complexity index is 269. The molecule has 1 fully saturated rings. The average Bonchev–Trinajstić information content (AvgIpc) is 2.21. The minimum atomic E-state index is 0.661. The van der Waals surface area contributed by atoms with E-state index in [4.69, 9.17) is 0 Å². The van der Waals surface area contributed by atoms with E-state index in [9.17, 15) is 0 Å².